The zero-order valence-corrected chi connectivity index (χ0v) is 12.0. The molecule has 0 saturated heterocycles. The van der Waals surface area contributed by atoms with Gasteiger partial charge in [-0.3, -0.25) is 4.79 Å². The summed E-state index contributed by atoms with van der Waals surface area (Å²) in [6.45, 7) is 7.08. The van der Waals surface area contributed by atoms with Crippen molar-refractivity contribution in [3.63, 3.8) is 0 Å². The van der Waals surface area contributed by atoms with E-state index >= 15 is 0 Å². The highest BCUT2D eigenvalue weighted by Crippen LogP contribution is 2.14. The summed E-state index contributed by atoms with van der Waals surface area (Å²) in [6, 6.07) is 0. The highest BCUT2D eigenvalue weighted by molar-refractivity contribution is 5.69. The average molecular weight is 242 g/mol. The van der Waals surface area contributed by atoms with Gasteiger partial charge < -0.3 is 4.74 Å². The summed E-state index contributed by atoms with van der Waals surface area (Å²) in [4.78, 5) is 11.4. The summed E-state index contributed by atoms with van der Waals surface area (Å²) in [7, 11) is 0. The second kappa shape index (κ2) is 11.9. The predicted molar refractivity (Wildman–Crippen MR) is 73.0 cm³/mol. The number of hydrogen-bond acceptors (Lipinski definition) is 2. The van der Waals surface area contributed by atoms with Crippen LogP contribution in [0.25, 0.3) is 0 Å². The molecule has 102 valence electrons. The molecule has 0 aliphatic carbocycles. The van der Waals surface area contributed by atoms with E-state index in [2.05, 4.69) is 20.8 Å². The van der Waals surface area contributed by atoms with Crippen molar-refractivity contribution in [2.45, 2.75) is 78.6 Å². The van der Waals surface area contributed by atoms with Crippen molar-refractivity contribution in [2.75, 3.05) is 6.61 Å². The van der Waals surface area contributed by atoms with E-state index in [1.165, 1.54) is 32.1 Å². The van der Waals surface area contributed by atoms with Crippen LogP contribution in [0.4, 0.5) is 0 Å². The third kappa shape index (κ3) is 11.7. The summed E-state index contributed by atoms with van der Waals surface area (Å²) in [6.07, 6.45) is 10.4. The Morgan fingerprint density at radius 1 is 1.00 bits per heavy atom. The standard InChI is InChI=1S/C15H30O2/c1-4-6-8-9-10-11-14(3)13-15(16)17-12-7-5-2/h14H,4-13H2,1-3H3. The van der Waals surface area contributed by atoms with Crippen LogP contribution in [0.1, 0.15) is 78.6 Å². The van der Waals surface area contributed by atoms with Gasteiger partial charge in [0.25, 0.3) is 0 Å². The molecule has 0 aromatic rings. The van der Waals surface area contributed by atoms with Crippen molar-refractivity contribution < 1.29 is 9.53 Å². The van der Waals surface area contributed by atoms with Crippen molar-refractivity contribution in [1.29, 1.82) is 0 Å². The van der Waals surface area contributed by atoms with Crippen LogP contribution in [0.5, 0.6) is 0 Å². The molecule has 0 amide bonds. The van der Waals surface area contributed by atoms with Gasteiger partial charge in [-0.2, -0.15) is 0 Å². The first-order valence-corrected chi connectivity index (χ1v) is 7.36. The Morgan fingerprint density at radius 2 is 1.65 bits per heavy atom. The number of unbranched alkanes of at least 4 members (excludes halogenated alkanes) is 5. The Bertz CT molecular complexity index is 178. The van der Waals surface area contributed by atoms with Gasteiger partial charge in [0.05, 0.1) is 6.61 Å². The van der Waals surface area contributed by atoms with E-state index in [-0.39, 0.29) is 5.97 Å². The van der Waals surface area contributed by atoms with Gasteiger partial charge in [0, 0.05) is 6.42 Å². The molecule has 0 heterocycles. The fourth-order valence-corrected chi connectivity index (χ4v) is 1.87. The first kappa shape index (κ1) is 16.5. The lowest BCUT2D eigenvalue weighted by Crippen LogP contribution is -2.10. The molecule has 2 nitrogen and oxygen atoms in total. The molecular weight excluding hydrogens is 212 g/mol. The minimum Gasteiger partial charge on any atom is -0.466 e. The Morgan fingerprint density at radius 3 is 2.29 bits per heavy atom. The van der Waals surface area contributed by atoms with E-state index in [0.717, 1.165) is 19.3 Å². The first-order valence-electron chi connectivity index (χ1n) is 7.36. The minimum atomic E-state index is -0.0143. The number of carbonyl (C=O) groups excluding carboxylic acids is 1. The Balaban J connectivity index is 3.37. The number of carbonyl (C=O) groups is 1. The second-order valence-electron chi connectivity index (χ2n) is 5.09. The zero-order chi connectivity index (χ0) is 12.9. The maximum absolute atomic E-state index is 11.4. The van der Waals surface area contributed by atoms with Crippen molar-refractivity contribution in [3.05, 3.63) is 0 Å². The Kier molecular flexibility index (Phi) is 11.6. The molecule has 0 rings (SSSR count). The maximum atomic E-state index is 11.4. The molecule has 0 bridgehead atoms. The lowest BCUT2D eigenvalue weighted by Gasteiger charge is -2.10. The van der Waals surface area contributed by atoms with Crippen molar-refractivity contribution in [2.24, 2.45) is 5.92 Å². The van der Waals surface area contributed by atoms with Gasteiger partial charge in [-0.15, -0.1) is 0 Å². The van der Waals surface area contributed by atoms with E-state index < -0.39 is 0 Å². The molecule has 0 radical (unpaired) electrons. The molecule has 0 N–H and O–H groups in total. The van der Waals surface area contributed by atoms with E-state index in [1.54, 1.807) is 0 Å². The van der Waals surface area contributed by atoms with Gasteiger partial charge in [-0.05, 0) is 12.3 Å². The van der Waals surface area contributed by atoms with Crippen LogP contribution in [0.3, 0.4) is 0 Å². The summed E-state index contributed by atoms with van der Waals surface area (Å²) in [5.74, 6) is 0.463. The molecule has 0 saturated carbocycles. The monoisotopic (exact) mass is 242 g/mol. The van der Waals surface area contributed by atoms with Crippen LogP contribution in [0, 0.1) is 5.92 Å². The third-order valence-corrected chi connectivity index (χ3v) is 3.08. The Labute approximate surface area is 107 Å². The number of ether oxygens (including phenoxy) is 1. The van der Waals surface area contributed by atoms with Gasteiger partial charge in [-0.25, -0.2) is 0 Å². The summed E-state index contributed by atoms with van der Waals surface area (Å²) < 4.78 is 5.16. The van der Waals surface area contributed by atoms with E-state index in [0.29, 0.717) is 18.9 Å². The number of rotatable bonds is 11. The van der Waals surface area contributed by atoms with Gasteiger partial charge in [-0.1, -0.05) is 65.7 Å². The number of hydrogen-bond donors (Lipinski definition) is 0. The molecule has 1 atom stereocenters. The van der Waals surface area contributed by atoms with Crippen LogP contribution < -0.4 is 0 Å². The van der Waals surface area contributed by atoms with Crippen molar-refractivity contribution in [1.82, 2.24) is 0 Å². The lowest BCUT2D eigenvalue weighted by atomic mass is 9.99. The maximum Gasteiger partial charge on any atom is 0.306 e. The normalized spacial score (nSPS) is 12.4. The smallest absolute Gasteiger partial charge is 0.306 e. The second-order valence-corrected chi connectivity index (χ2v) is 5.09. The SMILES string of the molecule is CCCCCCCC(C)CC(=O)OCCCC. The fourth-order valence-electron chi connectivity index (χ4n) is 1.87. The molecule has 0 aromatic heterocycles. The zero-order valence-electron chi connectivity index (χ0n) is 12.0. The third-order valence-electron chi connectivity index (χ3n) is 3.08. The fraction of sp³-hybridized carbons (Fsp3) is 0.933. The molecule has 2 heteroatoms. The van der Waals surface area contributed by atoms with Gasteiger partial charge in [0.15, 0.2) is 0 Å². The van der Waals surface area contributed by atoms with Crippen LogP contribution in [-0.2, 0) is 9.53 Å². The van der Waals surface area contributed by atoms with Crippen LogP contribution >= 0.6 is 0 Å². The topological polar surface area (TPSA) is 26.3 Å². The molecule has 1 unspecified atom stereocenters. The van der Waals surface area contributed by atoms with Crippen molar-refractivity contribution >= 4 is 5.97 Å². The molecular formula is C15H30O2. The highest BCUT2D eigenvalue weighted by atomic mass is 16.5. The van der Waals surface area contributed by atoms with E-state index in [9.17, 15) is 4.79 Å². The van der Waals surface area contributed by atoms with E-state index in [4.69, 9.17) is 4.74 Å². The largest absolute Gasteiger partial charge is 0.466 e. The molecule has 0 spiro atoms. The molecule has 17 heavy (non-hydrogen) atoms. The molecule has 0 aromatic carbocycles. The van der Waals surface area contributed by atoms with Gasteiger partial charge in [0.2, 0.25) is 0 Å². The first-order chi connectivity index (χ1) is 8.20. The van der Waals surface area contributed by atoms with Crippen molar-refractivity contribution in [3.8, 4) is 0 Å². The summed E-state index contributed by atoms with van der Waals surface area (Å²) >= 11 is 0. The Hall–Kier alpha value is -0.530. The minimum absolute atomic E-state index is 0.0143. The van der Waals surface area contributed by atoms with E-state index in [1.807, 2.05) is 0 Å². The predicted octanol–water partition coefficient (Wildman–Crippen LogP) is 4.72. The molecule has 0 aliphatic rings. The summed E-state index contributed by atoms with van der Waals surface area (Å²) in [5, 5.41) is 0. The van der Waals surface area contributed by atoms with Crippen LogP contribution in [0.2, 0.25) is 0 Å². The van der Waals surface area contributed by atoms with Gasteiger partial charge in [0.1, 0.15) is 0 Å². The highest BCUT2D eigenvalue weighted by Gasteiger charge is 2.09. The summed E-state index contributed by atoms with van der Waals surface area (Å²) in [5.41, 5.74) is 0. The number of esters is 1. The van der Waals surface area contributed by atoms with Crippen LogP contribution in [0.15, 0.2) is 0 Å². The molecule has 0 fully saturated rings. The van der Waals surface area contributed by atoms with Gasteiger partial charge >= 0.3 is 5.97 Å². The quantitative estimate of drug-likeness (QED) is 0.387. The average Bonchev–Trinajstić information content (AvgIpc) is 2.29. The molecule has 0 aliphatic heterocycles. The van der Waals surface area contributed by atoms with Crippen LogP contribution in [-0.4, -0.2) is 12.6 Å². The lowest BCUT2D eigenvalue weighted by molar-refractivity contribution is -0.144.